The van der Waals surface area contributed by atoms with Crippen LogP contribution >= 0.6 is 35.0 Å². The van der Waals surface area contributed by atoms with Crippen molar-refractivity contribution in [2.45, 2.75) is 4.90 Å². The van der Waals surface area contributed by atoms with Crippen LogP contribution in [0, 0.1) is 0 Å². The molecule has 0 aliphatic rings. The minimum Gasteiger partial charge on any atom is -0.495 e. The molecule has 0 bridgehead atoms. The number of amides is 1. The third kappa shape index (κ3) is 6.77. The molecular formula is C18H20Cl2N2O4S2. The van der Waals surface area contributed by atoms with Gasteiger partial charge in [0.05, 0.1) is 24.1 Å². The lowest BCUT2D eigenvalue weighted by Crippen LogP contribution is -2.41. The molecule has 10 heteroatoms. The monoisotopic (exact) mass is 462 g/mol. The molecule has 0 radical (unpaired) electrons. The molecule has 0 atom stereocenters. The lowest BCUT2D eigenvalue weighted by Gasteiger charge is -2.22. The smallest absolute Gasteiger partial charge is 0.240 e. The summed E-state index contributed by atoms with van der Waals surface area (Å²) in [6, 6.07) is 11.9. The fourth-order valence-electron chi connectivity index (χ4n) is 2.29. The van der Waals surface area contributed by atoms with Gasteiger partial charge in [0.1, 0.15) is 12.3 Å². The van der Waals surface area contributed by atoms with Crippen molar-refractivity contribution in [1.82, 2.24) is 5.32 Å². The van der Waals surface area contributed by atoms with E-state index in [1.54, 1.807) is 30.0 Å². The highest BCUT2D eigenvalue weighted by Crippen LogP contribution is 2.30. The summed E-state index contributed by atoms with van der Waals surface area (Å²) < 4.78 is 30.3. The second-order valence-electron chi connectivity index (χ2n) is 5.74. The molecule has 0 heterocycles. The number of thioether (sulfide) groups is 1. The van der Waals surface area contributed by atoms with Crippen LogP contribution in [0.3, 0.4) is 0 Å². The standard InChI is InChI=1S/C18H20Cl2N2O4S2/c1-26-17-8-5-14(11-16(17)20)22(28(2,24)25)12-18(23)21-9-10-27-15-6-3-13(19)4-7-15/h3-8,11H,9-10,12H2,1-2H3,(H,21,23). The first-order valence-corrected chi connectivity index (χ1v) is 11.8. The molecule has 0 saturated carbocycles. The van der Waals surface area contributed by atoms with Crippen LogP contribution in [0.1, 0.15) is 0 Å². The van der Waals surface area contributed by atoms with Crippen molar-refractivity contribution in [2.24, 2.45) is 0 Å². The van der Waals surface area contributed by atoms with Crippen LogP contribution in [0.4, 0.5) is 5.69 Å². The van der Waals surface area contributed by atoms with Gasteiger partial charge >= 0.3 is 0 Å². The summed E-state index contributed by atoms with van der Waals surface area (Å²) in [5.41, 5.74) is 0.291. The van der Waals surface area contributed by atoms with E-state index in [-0.39, 0.29) is 11.6 Å². The van der Waals surface area contributed by atoms with Crippen molar-refractivity contribution in [3.05, 3.63) is 52.5 Å². The Morgan fingerprint density at radius 2 is 1.86 bits per heavy atom. The molecule has 1 amide bonds. The van der Waals surface area contributed by atoms with E-state index >= 15 is 0 Å². The van der Waals surface area contributed by atoms with Gasteiger partial charge in [0.15, 0.2) is 0 Å². The molecule has 2 aromatic rings. The second-order valence-corrected chi connectivity index (χ2v) is 9.66. The number of hydrogen-bond donors (Lipinski definition) is 1. The molecule has 0 fully saturated rings. The Balaban J connectivity index is 1.94. The minimum absolute atomic E-state index is 0.258. The van der Waals surface area contributed by atoms with Gasteiger partial charge in [-0.1, -0.05) is 23.2 Å². The third-order valence-electron chi connectivity index (χ3n) is 3.62. The van der Waals surface area contributed by atoms with E-state index in [1.165, 1.54) is 19.2 Å². The van der Waals surface area contributed by atoms with E-state index in [2.05, 4.69) is 5.32 Å². The number of sulfonamides is 1. The molecule has 0 unspecified atom stereocenters. The molecule has 2 rings (SSSR count). The van der Waals surface area contributed by atoms with E-state index in [4.69, 9.17) is 27.9 Å². The van der Waals surface area contributed by atoms with Gasteiger partial charge in [-0.05, 0) is 42.5 Å². The van der Waals surface area contributed by atoms with E-state index in [0.717, 1.165) is 15.5 Å². The Bertz CT molecular complexity index is 922. The van der Waals surface area contributed by atoms with E-state index < -0.39 is 15.9 Å². The van der Waals surface area contributed by atoms with Crippen LogP contribution in [0.5, 0.6) is 5.75 Å². The van der Waals surface area contributed by atoms with Gasteiger partial charge in [-0.3, -0.25) is 9.10 Å². The molecule has 6 nitrogen and oxygen atoms in total. The molecule has 152 valence electrons. The maximum absolute atomic E-state index is 12.2. The van der Waals surface area contributed by atoms with Crippen molar-refractivity contribution in [1.29, 1.82) is 0 Å². The summed E-state index contributed by atoms with van der Waals surface area (Å²) in [6.45, 7) is 0.0558. The van der Waals surface area contributed by atoms with E-state index in [9.17, 15) is 13.2 Å². The number of ether oxygens (including phenoxy) is 1. The average Bonchev–Trinajstić information content (AvgIpc) is 2.64. The zero-order valence-corrected chi connectivity index (χ0v) is 18.5. The molecule has 2 aromatic carbocycles. The molecule has 0 aromatic heterocycles. The Morgan fingerprint density at radius 3 is 2.43 bits per heavy atom. The highest BCUT2D eigenvalue weighted by atomic mass is 35.5. The largest absolute Gasteiger partial charge is 0.495 e. The molecule has 0 aliphatic heterocycles. The quantitative estimate of drug-likeness (QED) is 0.454. The number of carbonyl (C=O) groups is 1. The van der Waals surface area contributed by atoms with Crippen LogP contribution in [0.25, 0.3) is 0 Å². The van der Waals surface area contributed by atoms with Crippen molar-refractivity contribution >= 4 is 56.6 Å². The summed E-state index contributed by atoms with van der Waals surface area (Å²) in [5.74, 6) is 0.650. The van der Waals surface area contributed by atoms with Crippen LogP contribution in [0.15, 0.2) is 47.4 Å². The summed E-state index contributed by atoms with van der Waals surface area (Å²) in [5, 5.41) is 3.65. The van der Waals surface area contributed by atoms with Crippen molar-refractivity contribution in [2.75, 3.05) is 36.5 Å². The third-order valence-corrected chi connectivity index (χ3v) is 6.32. The lowest BCUT2D eigenvalue weighted by molar-refractivity contribution is -0.119. The SMILES string of the molecule is COc1ccc(N(CC(=O)NCCSc2ccc(Cl)cc2)S(C)(=O)=O)cc1Cl. The predicted octanol–water partition coefficient (Wildman–Crippen LogP) is 3.68. The highest BCUT2D eigenvalue weighted by Gasteiger charge is 2.21. The fourth-order valence-corrected chi connectivity index (χ4v) is 4.28. The number of nitrogens with zero attached hydrogens (tertiary/aromatic N) is 1. The van der Waals surface area contributed by atoms with Gasteiger partial charge in [-0.15, -0.1) is 11.8 Å². The Labute approximate surface area is 179 Å². The molecule has 0 saturated heterocycles. The Hall–Kier alpha value is -1.61. The van der Waals surface area contributed by atoms with Gasteiger partial charge in [-0.2, -0.15) is 0 Å². The summed E-state index contributed by atoms with van der Waals surface area (Å²) in [4.78, 5) is 13.3. The van der Waals surface area contributed by atoms with Gasteiger partial charge < -0.3 is 10.1 Å². The zero-order valence-electron chi connectivity index (χ0n) is 15.3. The maximum Gasteiger partial charge on any atom is 0.240 e. The van der Waals surface area contributed by atoms with Gasteiger partial charge in [0, 0.05) is 22.2 Å². The normalized spacial score (nSPS) is 11.1. The molecule has 28 heavy (non-hydrogen) atoms. The second kappa shape index (κ2) is 10.2. The molecule has 0 spiro atoms. The van der Waals surface area contributed by atoms with Crippen LogP contribution in [-0.2, 0) is 14.8 Å². The Morgan fingerprint density at radius 1 is 1.18 bits per heavy atom. The van der Waals surface area contributed by atoms with Crippen LogP contribution < -0.4 is 14.4 Å². The molecule has 1 N–H and O–H groups in total. The van der Waals surface area contributed by atoms with Crippen LogP contribution in [0.2, 0.25) is 10.0 Å². The summed E-state index contributed by atoms with van der Waals surface area (Å²) in [7, 11) is -2.21. The predicted molar refractivity (Wildman–Crippen MR) is 115 cm³/mol. The summed E-state index contributed by atoms with van der Waals surface area (Å²) >= 11 is 13.5. The van der Waals surface area contributed by atoms with Gasteiger partial charge in [-0.25, -0.2) is 8.42 Å². The first kappa shape index (κ1) is 22.7. The van der Waals surface area contributed by atoms with Gasteiger partial charge in [0.25, 0.3) is 0 Å². The molecular weight excluding hydrogens is 443 g/mol. The Kier molecular flexibility index (Phi) is 8.30. The fraction of sp³-hybridized carbons (Fsp3) is 0.278. The van der Waals surface area contributed by atoms with Gasteiger partial charge in [0.2, 0.25) is 15.9 Å². The number of nitrogens with one attached hydrogen (secondary N) is 1. The lowest BCUT2D eigenvalue weighted by atomic mass is 10.3. The first-order valence-electron chi connectivity index (χ1n) is 8.17. The van der Waals surface area contributed by atoms with E-state index in [0.29, 0.717) is 28.8 Å². The average molecular weight is 463 g/mol. The topological polar surface area (TPSA) is 75.7 Å². The van der Waals surface area contributed by atoms with Crippen LogP contribution in [-0.4, -0.2) is 46.5 Å². The number of carbonyl (C=O) groups excluding carboxylic acids is 1. The number of rotatable bonds is 9. The number of benzene rings is 2. The first-order chi connectivity index (χ1) is 13.2. The van der Waals surface area contributed by atoms with Crippen molar-refractivity contribution in [3.8, 4) is 5.75 Å². The number of methoxy groups -OCH3 is 1. The summed E-state index contributed by atoms with van der Waals surface area (Å²) in [6.07, 6.45) is 1.04. The van der Waals surface area contributed by atoms with Crippen molar-refractivity contribution in [3.63, 3.8) is 0 Å². The van der Waals surface area contributed by atoms with E-state index in [1.807, 2.05) is 12.1 Å². The number of halogens is 2. The maximum atomic E-state index is 12.2. The molecule has 0 aliphatic carbocycles. The highest BCUT2D eigenvalue weighted by molar-refractivity contribution is 7.99. The number of anilines is 1. The van der Waals surface area contributed by atoms with Crippen molar-refractivity contribution < 1.29 is 17.9 Å². The zero-order chi connectivity index (χ0) is 20.7. The minimum atomic E-state index is -3.67. The number of hydrogen-bond acceptors (Lipinski definition) is 5.